The van der Waals surface area contributed by atoms with Gasteiger partial charge >= 0.3 is 0 Å². The van der Waals surface area contributed by atoms with Crippen molar-refractivity contribution in [3.05, 3.63) is 35.0 Å². The third-order valence-corrected chi connectivity index (χ3v) is 4.96. The zero-order chi connectivity index (χ0) is 15.5. The van der Waals surface area contributed by atoms with Crippen LogP contribution in [0.25, 0.3) is 10.9 Å². The van der Waals surface area contributed by atoms with Gasteiger partial charge in [0.15, 0.2) is 0 Å². The van der Waals surface area contributed by atoms with Crippen molar-refractivity contribution < 1.29 is 5.11 Å². The lowest BCUT2D eigenvalue weighted by Gasteiger charge is -2.14. The minimum Gasteiger partial charge on any atom is -0.396 e. The molecule has 1 fully saturated rings. The Balaban J connectivity index is 1.92. The molecule has 0 bridgehead atoms. The number of nitrogens with zero attached hydrogens (tertiary/aromatic N) is 2. The molecule has 3 nitrogen and oxygen atoms in total. The van der Waals surface area contributed by atoms with Gasteiger partial charge in [-0.15, -0.1) is 0 Å². The Kier molecular flexibility index (Phi) is 4.84. The fraction of sp³-hybridized carbons (Fsp3) is 0.579. The van der Waals surface area contributed by atoms with Gasteiger partial charge in [-0.1, -0.05) is 12.1 Å². The number of rotatable bonds is 6. The molecule has 1 aliphatic heterocycles. The van der Waals surface area contributed by atoms with Crippen LogP contribution in [0.3, 0.4) is 0 Å². The number of aliphatic hydroxyl groups excluding tert-OH is 1. The van der Waals surface area contributed by atoms with Crippen molar-refractivity contribution in [3.8, 4) is 0 Å². The Hall–Kier alpha value is -1.32. The van der Waals surface area contributed by atoms with Gasteiger partial charge in [-0.25, -0.2) is 0 Å². The maximum Gasteiger partial charge on any atom is 0.0515 e. The summed E-state index contributed by atoms with van der Waals surface area (Å²) in [4.78, 5) is 2.59. The van der Waals surface area contributed by atoms with E-state index in [4.69, 9.17) is 5.11 Å². The Morgan fingerprint density at radius 1 is 1.05 bits per heavy atom. The van der Waals surface area contributed by atoms with Crippen molar-refractivity contribution in [1.82, 2.24) is 9.47 Å². The van der Waals surface area contributed by atoms with Gasteiger partial charge in [-0.3, -0.25) is 0 Å². The second-order valence-corrected chi connectivity index (χ2v) is 6.65. The third-order valence-electron chi connectivity index (χ3n) is 4.96. The number of hydrogen-bond acceptors (Lipinski definition) is 2. The van der Waals surface area contributed by atoms with Crippen molar-refractivity contribution >= 4 is 10.9 Å². The molecule has 0 radical (unpaired) electrons. The average molecular weight is 300 g/mol. The van der Waals surface area contributed by atoms with Crippen LogP contribution in [0.1, 0.15) is 36.0 Å². The molecule has 3 heteroatoms. The minimum atomic E-state index is 0.258. The van der Waals surface area contributed by atoms with Crippen molar-refractivity contribution in [2.24, 2.45) is 0 Å². The molecule has 0 unspecified atom stereocenters. The van der Waals surface area contributed by atoms with Crippen LogP contribution >= 0.6 is 0 Å². The zero-order valence-corrected chi connectivity index (χ0v) is 13.9. The number of fused-ring (bicyclic) bond motifs is 1. The summed E-state index contributed by atoms with van der Waals surface area (Å²) in [7, 11) is 0. The van der Waals surface area contributed by atoms with E-state index in [1.807, 2.05) is 0 Å². The van der Waals surface area contributed by atoms with Crippen LogP contribution < -0.4 is 0 Å². The highest BCUT2D eigenvalue weighted by Crippen LogP contribution is 2.29. The Morgan fingerprint density at radius 3 is 2.50 bits per heavy atom. The molecule has 0 amide bonds. The predicted octanol–water partition coefficient (Wildman–Crippen LogP) is 3.28. The fourth-order valence-electron chi connectivity index (χ4n) is 3.78. The summed E-state index contributed by atoms with van der Waals surface area (Å²) < 4.78 is 2.35. The summed E-state index contributed by atoms with van der Waals surface area (Å²) in [5, 5.41) is 10.6. The Labute approximate surface area is 133 Å². The van der Waals surface area contributed by atoms with Crippen LogP contribution in [0.5, 0.6) is 0 Å². The predicted molar refractivity (Wildman–Crippen MR) is 92.5 cm³/mol. The first-order chi connectivity index (χ1) is 10.7. The maximum atomic E-state index is 9.16. The lowest BCUT2D eigenvalue weighted by molar-refractivity contribution is 0.280. The van der Waals surface area contributed by atoms with E-state index in [0.29, 0.717) is 0 Å². The molecule has 1 N–H and O–H groups in total. The molecule has 2 heterocycles. The topological polar surface area (TPSA) is 28.4 Å². The lowest BCUT2D eigenvalue weighted by atomic mass is 10.0. The lowest BCUT2D eigenvalue weighted by Crippen LogP contribution is -2.21. The number of likely N-dealkylation sites (tertiary alicyclic amines) is 1. The number of hydrogen-bond donors (Lipinski definition) is 1. The molecule has 0 saturated carbocycles. The summed E-state index contributed by atoms with van der Waals surface area (Å²) in [5.74, 6) is 0. The fourth-order valence-corrected chi connectivity index (χ4v) is 3.78. The van der Waals surface area contributed by atoms with Crippen molar-refractivity contribution in [3.63, 3.8) is 0 Å². The molecule has 0 atom stereocenters. The third kappa shape index (κ3) is 3.06. The molecular formula is C19H28N2O. The van der Waals surface area contributed by atoms with Crippen LogP contribution in [0.15, 0.2) is 18.3 Å². The first-order valence-electron chi connectivity index (χ1n) is 8.62. The normalized spacial score (nSPS) is 16.0. The number of aromatic nitrogens is 1. The molecule has 22 heavy (non-hydrogen) atoms. The molecule has 1 aliphatic rings. The van der Waals surface area contributed by atoms with Crippen molar-refractivity contribution in [1.29, 1.82) is 0 Å². The molecule has 1 saturated heterocycles. The van der Waals surface area contributed by atoms with E-state index in [0.717, 1.165) is 19.4 Å². The van der Waals surface area contributed by atoms with Gasteiger partial charge in [-0.05, 0) is 69.3 Å². The molecule has 1 aromatic heterocycles. The van der Waals surface area contributed by atoms with Crippen molar-refractivity contribution in [2.75, 3.05) is 26.2 Å². The van der Waals surface area contributed by atoms with Gasteiger partial charge in [0, 0.05) is 31.3 Å². The van der Waals surface area contributed by atoms with E-state index in [1.54, 1.807) is 0 Å². The van der Waals surface area contributed by atoms with E-state index in [2.05, 4.69) is 41.6 Å². The second kappa shape index (κ2) is 6.84. The summed E-state index contributed by atoms with van der Waals surface area (Å²) in [6, 6.07) is 4.46. The summed E-state index contributed by atoms with van der Waals surface area (Å²) >= 11 is 0. The van der Waals surface area contributed by atoms with Crippen LogP contribution in [0, 0.1) is 13.8 Å². The second-order valence-electron chi connectivity index (χ2n) is 6.65. The number of aliphatic hydroxyl groups is 1. The quantitative estimate of drug-likeness (QED) is 0.887. The minimum absolute atomic E-state index is 0.258. The van der Waals surface area contributed by atoms with Gasteiger partial charge in [0.05, 0.1) is 5.52 Å². The first kappa shape index (κ1) is 15.6. The highest BCUT2D eigenvalue weighted by Gasteiger charge is 2.15. The smallest absolute Gasteiger partial charge is 0.0515 e. The number of aryl methyl sites for hydroxylation is 3. The van der Waals surface area contributed by atoms with Gasteiger partial charge in [0.1, 0.15) is 0 Å². The van der Waals surface area contributed by atoms with E-state index in [-0.39, 0.29) is 6.61 Å². The molecule has 0 spiro atoms. The summed E-state index contributed by atoms with van der Waals surface area (Å²) in [5.41, 5.74) is 5.55. The van der Waals surface area contributed by atoms with Gasteiger partial charge in [0.25, 0.3) is 0 Å². The largest absolute Gasteiger partial charge is 0.396 e. The summed E-state index contributed by atoms with van der Waals surface area (Å²) in [6.07, 6.45) is 7.00. The maximum absolute atomic E-state index is 9.16. The molecule has 3 rings (SSSR count). The van der Waals surface area contributed by atoms with Crippen molar-refractivity contribution in [2.45, 2.75) is 46.1 Å². The molecule has 120 valence electrons. The van der Waals surface area contributed by atoms with Crippen LogP contribution in [0.2, 0.25) is 0 Å². The summed E-state index contributed by atoms with van der Waals surface area (Å²) in [6.45, 7) is 9.28. The highest BCUT2D eigenvalue weighted by atomic mass is 16.3. The van der Waals surface area contributed by atoms with Crippen LogP contribution in [-0.4, -0.2) is 40.8 Å². The Bertz CT molecular complexity index is 638. The van der Waals surface area contributed by atoms with E-state index in [1.165, 1.54) is 60.1 Å². The average Bonchev–Trinajstić information content (AvgIpc) is 3.14. The highest BCUT2D eigenvalue weighted by molar-refractivity contribution is 5.89. The van der Waals surface area contributed by atoms with Crippen LogP contribution in [0.4, 0.5) is 0 Å². The van der Waals surface area contributed by atoms with Crippen LogP contribution in [-0.2, 0) is 13.0 Å². The first-order valence-corrected chi connectivity index (χ1v) is 8.62. The van der Waals surface area contributed by atoms with E-state index < -0.39 is 0 Å². The van der Waals surface area contributed by atoms with Gasteiger partial charge in [0.2, 0.25) is 0 Å². The molecular weight excluding hydrogens is 272 g/mol. The molecule has 1 aromatic carbocycles. The number of benzene rings is 1. The van der Waals surface area contributed by atoms with Gasteiger partial charge < -0.3 is 14.6 Å². The van der Waals surface area contributed by atoms with E-state index >= 15 is 0 Å². The molecule has 2 aromatic rings. The van der Waals surface area contributed by atoms with E-state index in [9.17, 15) is 0 Å². The SMILES string of the molecule is Cc1ccc(C)c2c1c(CCN1CCCC1)cn2CCCO. The molecule has 0 aliphatic carbocycles. The van der Waals surface area contributed by atoms with Gasteiger partial charge in [-0.2, -0.15) is 0 Å². The standard InChI is InChI=1S/C19H28N2O/c1-15-6-7-16(2)19-18(15)17(14-21(19)11-5-13-22)8-12-20-9-3-4-10-20/h6-7,14,22H,3-5,8-13H2,1-2H3. The zero-order valence-electron chi connectivity index (χ0n) is 13.9. The Morgan fingerprint density at radius 2 is 1.77 bits per heavy atom. The monoisotopic (exact) mass is 300 g/mol.